The highest BCUT2D eigenvalue weighted by Crippen LogP contribution is 2.16. The maximum atomic E-state index is 12.2. The van der Waals surface area contributed by atoms with Gasteiger partial charge in [-0.3, -0.25) is 9.48 Å². The van der Waals surface area contributed by atoms with Crippen LogP contribution in [0.3, 0.4) is 0 Å². The van der Waals surface area contributed by atoms with E-state index in [0.29, 0.717) is 11.4 Å². The van der Waals surface area contributed by atoms with Crippen molar-refractivity contribution in [2.45, 2.75) is 19.9 Å². The van der Waals surface area contributed by atoms with Crippen LogP contribution in [0.4, 0.5) is 14.5 Å². The summed E-state index contributed by atoms with van der Waals surface area (Å²) in [6.45, 7) is 1.21. The van der Waals surface area contributed by atoms with Gasteiger partial charge in [-0.25, -0.2) is 8.78 Å². The molecule has 2 aromatic rings. The molecule has 0 saturated carbocycles. The van der Waals surface area contributed by atoms with Gasteiger partial charge in [0.1, 0.15) is 12.3 Å². The number of hydrogen-bond acceptors (Lipinski definition) is 3. The van der Waals surface area contributed by atoms with Gasteiger partial charge < -0.3 is 10.1 Å². The van der Waals surface area contributed by atoms with Crippen LogP contribution >= 0.6 is 0 Å². The lowest BCUT2D eigenvalue weighted by Crippen LogP contribution is -2.20. The number of nitrogens with one attached hydrogen (secondary N) is 1. The van der Waals surface area contributed by atoms with E-state index in [2.05, 4.69) is 10.4 Å². The van der Waals surface area contributed by atoms with Crippen molar-refractivity contribution in [3.8, 4) is 5.75 Å². The van der Waals surface area contributed by atoms with Gasteiger partial charge in [-0.05, 0) is 18.6 Å². The molecule has 1 aromatic carbocycles. The fraction of sp³-hybridized carbons (Fsp3) is 0.286. The van der Waals surface area contributed by atoms with Gasteiger partial charge in [-0.2, -0.15) is 5.10 Å². The average Bonchev–Trinajstić information content (AvgIpc) is 2.84. The summed E-state index contributed by atoms with van der Waals surface area (Å²) >= 11 is 0. The van der Waals surface area contributed by atoms with Crippen LogP contribution in [0.1, 0.15) is 5.56 Å². The van der Waals surface area contributed by atoms with E-state index in [0.717, 1.165) is 10.2 Å². The molecular formula is C14H15F2N3O2. The van der Waals surface area contributed by atoms with E-state index in [4.69, 9.17) is 4.74 Å². The molecule has 7 heteroatoms. The molecule has 0 fully saturated rings. The molecule has 2 rings (SSSR count). The number of halogens is 2. The Bertz CT molecular complexity index is 614. The lowest BCUT2D eigenvalue weighted by molar-refractivity contribution is -0.118. The first-order chi connectivity index (χ1) is 10.0. The Labute approximate surface area is 120 Å². The number of anilines is 1. The lowest BCUT2D eigenvalue weighted by atomic mass is 10.2. The van der Waals surface area contributed by atoms with Gasteiger partial charge in [0.25, 0.3) is 12.3 Å². The minimum Gasteiger partial charge on any atom is -0.483 e. The summed E-state index contributed by atoms with van der Waals surface area (Å²) in [5.74, 6) is 0.246. The molecule has 21 heavy (non-hydrogen) atoms. The highest BCUT2D eigenvalue weighted by Gasteiger charge is 2.09. The zero-order valence-corrected chi connectivity index (χ0v) is 11.4. The molecule has 0 aliphatic rings. The van der Waals surface area contributed by atoms with Crippen LogP contribution in [0.15, 0.2) is 36.7 Å². The van der Waals surface area contributed by atoms with Crippen LogP contribution in [-0.4, -0.2) is 28.7 Å². The normalized spacial score (nSPS) is 10.7. The molecule has 0 bridgehead atoms. The van der Waals surface area contributed by atoms with Crippen molar-refractivity contribution < 1.29 is 18.3 Å². The second-order valence-electron chi connectivity index (χ2n) is 4.44. The average molecular weight is 295 g/mol. The third kappa shape index (κ3) is 4.55. The van der Waals surface area contributed by atoms with Crippen molar-refractivity contribution >= 4 is 11.6 Å². The molecule has 0 saturated heterocycles. The smallest absolute Gasteiger partial charge is 0.262 e. The number of benzene rings is 1. The van der Waals surface area contributed by atoms with E-state index in [1.165, 1.54) is 12.4 Å². The van der Waals surface area contributed by atoms with Gasteiger partial charge in [0.05, 0.1) is 11.9 Å². The second-order valence-corrected chi connectivity index (χ2v) is 4.44. The number of hydrogen-bond donors (Lipinski definition) is 1. The summed E-state index contributed by atoms with van der Waals surface area (Å²) in [5.41, 5.74) is 1.28. The van der Waals surface area contributed by atoms with E-state index >= 15 is 0 Å². The number of para-hydroxylation sites is 1. The number of alkyl halides is 2. The molecule has 0 atom stereocenters. The highest BCUT2D eigenvalue weighted by atomic mass is 19.3. The van der Waals surface area contributed by atoms with Crippen LogP contribution in [0.25, 0.3) is 0 Å². The quantitative estimate of drug-likeness (QED) is 0.890. The number of aryl methyl sites for hydroxylation is 1. The molecule has 5 nitrogen and oxygen atoms in total. The molecule has 0 unspecified atom stereocenters. The van der Waals surface area contributed by atoms with E-state index in [9.17, 15) is 13.6 Å². The minimum atomic E-state index is -2.49. The summed E-state index contributed by atoms with van der Waals surface area (Å²) in [6, 6.07) is 7.33. The van der Waals surface area contributed by atoms with Gasteiger partial charge in [0.15, 0.2) is 6.61 Å². The van der Waals surface area contributed by atoms with Crippen LogP contribution in [0, 0.1) is 6.92 Å². The number of carbonyl (C=O) groups excluding carboxylic acids is 1. The third-order valence-electron chi connectivity index (χ3n) is 2.69. The number of carbonyl (C=O) groups is 1. The summed E-state index contributed by atoms with van der Waals surface area (Å²) in [4.78, 5) is 11.7. The van der Waals surface area contributed by atoms with Crippen LogP contribution in [-0.2, 0) is 11.3 Å². The topological polar surface area (TPSA) is 56.1 Å². The molecule has 1 amide bonds. The van der Waals surface area contributed by atoms with Gasteiger partial charge in [-0.1, -0.05) is 18.2 Å². The predicted molar refractivity (Wildman–Crippen MR) is 73.5 cm³/mol. The van der Waals surface area contributed by atoms with Crippen molar-refractivity contribution in [1.29, 1.82) is 0 Å². The monoisotopic (exact) mass is 295 g/mol. The van der Waals surface area contributed by atoms with E-state index in [1.807, 2.05) is 25.1 Å². The molecule has 0 spiro atoms. The van der Waals surface area contributed by atoms with Crippen LogP contribution in [0.5, 0.6) is 5.75 Å². The zero-order chi connectivity index (χ0) is 15.2. The summed E-state index contributed by atoms with van der Waals surface area (Å²) < 4.78 is 30.8. The first-order valence-electron chi connectivity index (χ1n) is 6.33. The number of aromatic nitrogens is 2. The Kier molecular flexibility index (Phi) is 4.86. The molecular weight excluding hydrogens is 280 g/mol. The van der Waals surface area contributed by atoms with Gasteiger partial charge in [-0.15, -0.1) is 0 Å². The molecule has 0 aliphatic carbocycles. The molecule has 0 aliphatic heterocycles. The van der Waals surface area contributed by atoms with Gasteiger partial charge >= 0.3 is 0 Å². The fourth-order valence-electron chi connectivity index (χ4n) is 1.73. The predicted octanol–water partition coefficient (Wildman–Crippen LogP) is 2.47. The first kappa shape index (κ1) is 15.0. The van der Waals surface area contributed by atoms with Crippen LogP contribution < -0.4 is 10.1 Å². The summed E-state index contributed by atoms with van der Waals surface area (Å²) in [6.07, 6.45) is 0.170. The van der Waals surface area contributed by atoms with Crippen molar-refractivity contribution in [3.63, 3.8) is 0 Å². The lowest BCUT2D eigenvalue weighted by Gasteiger charge is -2.08. The van der Waals surface area contributed by atoms with Gasteiger partial charge in [0, 0.05) is 6.20 Å². The van der Waals surface area contributed by atoms with Crippen molar-refractivity contribution in [1.82, 2.24) is 9.78 Å². The number of rotatable bonds is 6. The van der Waals surface area contributed by atoms with Crippen molar-refractivity contribution in [3.05, 3.63) is 42.2 Å². The molecule has 112 valence electrons. The maximum Gasteiger partial charge on any atom is 0.262 e. The first-order valence-corrected chi connectivity index (χ1v) is 6.33. The zero-order valence-electron chi connectivity index (χ0n) is 11.4. The summed E-state index contributed by atoms with van der Waals surface area (Å²) in [7, 11) is 0. The standard InChI is InChI=1S/C14H15F2N3O2/c1-10-4-2-3-5-12(10)21-9-14(20)18-11-6-17-19(7-11)8-13(15)16/h2-7,13H,8-9H2,1H3,(H,18,20). The Morgan fingerprint density at radius 3 is 2.90 bits per heavy atom. The molecule has 0 radical (unpaired) electrons. The molecule has 1 heterocycles. The Morgan fingerprint density at radius 1 is 1.43 bits per heavy atom. The number of nitrogens with zero attached hydrogens (tertiary/aromatic N) is 2. The SMILES string of the molecule is Cc1ccccc1OCC(=O)Nc1cnn(CC(F)F)c1. The summed E-state index contributed by atoms with van der Waals surface area (Å²) in [5, 5.41) is 6.26. The van der Waals surface area contributed by atoms with E-state index in [-0.39, 0.29) is 12.5 Å². The van der Waals surface area contributed by atoms with Crippen LogP contribution in [0.2, 0.25) is 0 Å². The third-order valence-corrected chi connectivity index (χ3v) is 2.69. The molecule has 1 N–H and O–H groups in total. The Hall–Kier alpha value is -2.44. The van der Waals surface area contributed by atoms with E-state index < -0.39 is 13.0 Å². The highest BCUT2D eigenvalue weighted by molar-refractivity contribution is 5.91. The minimum absolute atomic E-state index is 0.162. The van der Waals surface area contributed by atoms with Gasteiger partial charge in [0.2, 0.25) is 0 Å². The number of ether oxygens (including phenoxy) is 1. The second kappa shape index (κ2) is 6.83. The Morgan fingerprint density at radius 2 is 2.19 bits per heavy atom. The van der Waals surface area contributed by atoms with Crippen molar-refractivity contribution in [2.24, 2.45) is 0 Å². The fourth-order valence-corrected chi connectivity index (χ4v) is 1.73. The molecule has 1 aromatic heterocycles. The van der Waals surface area contributed by atoms with E-state index in [1.54, 1.807) is 6.07 Å². The number of amides is 1. The maximum absolute atomic E-state index is 12.2. The largest absolute Gasteiger partial charge is 0.483 e. The van der Waals surface area contributed by atoms with Crippen molar-refractivity contribution in [2.75, 3.05) is 11.9 Å². The Balaban J connectivity index is 1.84.